The van der Waals surface area contributed by atoms with Gasteiger partial charge in [-0.25, -0.2) is 4.39 Å². The first-order valence-corrected chi connectivity index (χ1v) is 8.03. The molecule has 1 aliphatic rings. The van der Waals surface area contributed by atoms with Gasteiger partial charge in [0, 0.05) is 0 Å². The average molecular weight is 293 g/mol. The Morgan fingerprint density at radius 2 is 1.91 bits per heavy atom. The largest absolute Gasteiger partial charge is 0.206 e. The normalized spacial score (nSPS) is 16.9. The third-order valence-corrected chi connectivity index (χ3v) is 4.66. The first kappa shape index (κ1) is 14.8. The van der Waals surface area contributed by atoms with Crippen LogP contribution in [-0.4, -0.2) is 0 Å². The van der Waals surface area contributed by atoms with Gasteiger partial charge in [0.05, 0.1) is 5.56 Å². The fraction of sp³-hybridized carbons (Fsp3) is 0.350. The van der Waals surface area contributed by atoms with Crippen LogP contribution in [0.5, 0.6) is 0 Å². The van der Waals surface area contributed by atoms with Crippen LogP contribution in [0.15, 0.2) is 36.4 Å². The molecule has 1 aliphatic carbocycles. The Labute approximate surface area is 131 Å². The van der Waals surface area contributed by atoms with Crippen molar-refractivity contribution in [3.63, 3.8) is 0 Å². The number of hydrogen-bond donors (Lipinski definition) is 0. The van der Waals surface area contributed by atoms with Gasteiger partial charge in [-0.15, -0.1) is 0 Å². The highest BCUT2D eigenvalue weighted by Gasteiger charge is 2.18. The lowest BCUT2D eigenvalue weighted by atomic mass is 9.81. The number of aryl methyl sites for hydroxylation is 1. The Morgan fingerprint density at radius 3 is 2.64 bits per heavy atom. The number of nitriles is 1. The number of fused-ring (bicyclic) bond motifs is 1. The van der Waals surface area contributed by atoms with Crippen molar-refractivity contribution in [2.24, 2.45) is 5.92 Å². The van der Waals surface area contributed by atoms with Gasteiger partial charge in [0.1, 0.15) is 11.9 Å². The van der Waals surface area contributed by atoms with Crippen molar-refractivity contribution in [3.05, 3.63) is 58.9 Å². The third kappa shape index (κ3) is 2.90. The van der Waals surface area contributed by atoms with Crippen LogP contribution in [0.4, 0.5) is 4.39 Å². The zero-order valence-corrected chi connectivity index (χ0v) is 12.9. The molecule has 0 radical (unpaired) electrons. The molecule has 22 heavy (non-hydrogen) atoms. The molecule has 0 aromatic heterocycles. The van der Waals surface area contributed by atoms with Crippen molar-refractivity contribution < 1.29 is 4.39 Å². The van der Waals surface area contributed by atoms with E-state index in [-0.39, 0.29) is 5.56 Å². The monoisotopic (exact) mass is 293 g/mol. The van der Waals surface area contributed by atoms with E-state index in [1.54, 1.807) is 6.07 Å². The number of benzene rings is 2. The van der Waals surface area contributed by atoms with Gasteiger partial charge in [0.25, 0.3) is 0 Å². The minimum Gasteiger partial charge on any atom is -0.206 e. The summed E-state index contributed by atoms with van der Waals surface area (Å²) in [6.07, 6.45) is 6.11. The smallest absolute Gasteiger partial charge is 0.141 e. The van der Waals surface area contributed by atoms with E-state index in [0.717, 1.165) is 23.5 Å². The second-order valence-electron chi connectivity index (χ2n) is 6.19. The molecule has 112 valence electrons. The van der Waals surface area contributed by atoms with Crippen molar-refractivity contribution in [1.82, 2.24) is 0 Å². The summed E-state index contributed by atoms with van der Waals surface area (Å²) in [6, 6.07) is 13.2. The van der Waals surface area contributed by atoms with Gasteiger partial charge < -0.3 is 0 Å². The molecule has 1 atom stereocenters. The van der Waals surface area contributed by atoms with Gasteiger partial charge >= 0.3 is 0 Å². The van der Waals surface area contributed by atoms with E-state index in [1.807, 2.05) is 12.1 Å². The summed E-state index contributed by atoms with van der Waals surface area (Å²) in [6.45, 7) is 2.25. The van der Waals surface area contributed by atoms with E-state index in [0.29, 0.717) is 0 Å². The maximum absolute atomic E-state index is 13.8. The molecule has 0 amide bonds. The Balaban J connectivity index is 1.89. The lowest BCUT2D eigenvalue weighted by molar-refractivity contribution is 0.423. The molecule has 0 saturated heterocycles. The summed E-state index contributed by atoms with van der Waals surface area (Å²) in [5.41, 5.74) is 4.83. The van der Waals surface area contributed by atoms with Crippen molar-refractivity contribution in [2.45, 2.75) is 39.0 Å². The second kappa shape index (κ2) is 6.32. The maximum Gasteiger partial charge on any atom is 0.141 e. The summed E-state index contributed by atoms with van der Waals surface area (Å²) in [5, 5.41) is 8.82. The predicted octanol–water partition coefficient (Wildman–Crippen LogP) is 5.27. The minimum atomic E-state index is -0.444. The first-order valence-electron chi connectivity index (χ1n) is 8.03. The van der Waals surface area contributed by atoms with E-state index in [2.05, 4.69) is 25.1 Å². The highest BCUT2D eigenvalue weighted by atomic mass is 19.1. The molecule has 1 nitrogen and oxygen atoms in total. The number of nitrogens with zero attached hydrogens (tertiary/aromatic N) is 1. The minimum absolute atomic E-state index is 0.101. The van der Waals surface area contributed by atoms with Crippen LogP contribution in [0, 0.1) is 23.1 Å². The summed E-state index contributed by atoms with van der Waals surface area (Å²) in [4.78, 5) is 0. The Hall–Kier alpha value is -2.14. The molecular weight excluding hydrogens is 273 g/mol. The lowest BCUT2D eigenvalue weighted by Gasteiger charge is -2.24. The number of halogens is 1. The first-order chi connectivity index (χ1) is 10.7. The SMILES string of the molecule is CCCC1CCc2cc(-c3ccc(C#N)c(F)c3)ccc2C1. The zero-order valence-electron chi connectivity index (χ0n) is 12.9. The Morgan fingerprint density at radius 1 is 1.14 bits per heavy atom. The van der Waals surface area contributed by atoms with E-state index in [1.165, 1.54) is 42.9 Å². The molecule has 0 aliphatic heterocycles. The van der Waals surface area contributed by atoms with Crippen LogP contribution in [0.3, 0.4) is 0 Å². The third-order valence-electron chi connectivity index (χ3n) is 4.66. The zero-order chi connectivity index (χ0) is 15.5. The summed E-state index contributed by atoms with van der Waals surface area (Å²) in [5.74, 6) is 0.372. The molecule has 2 aromatic rings. The van der Waals surface area contributed by atoms with E-state index < -0.39 is 5.82 Å². The van der Waals surface area contributed by atoms with E-state index >= 15 is 0 Å². The van der Waals surface area contributed by atoms with Gasteiger partial charge in [0.2, 0.25) is 0 Å². The molecule has 0 fully saturated rings. The molecule has 0 N–H and O–H groups in total. The summed E-state index contributed by atoms with van der Waals surface area (Å²) < 4.78 is 13.8. The van der Waals surface area contributed by atoms with Crippen molar-refractivity contribution in [1.29, 1.82) is 5.26 Å². The van der Waals surface area contributed by atoms with Crippen LogP contribution < -0.4 is 0 Å². The quantitative estimate of drug-likeness (QED) is 0.756. The maximum atomic E-state index is 13.8. The molecule has 1 unspecified atom stereocenters. The predicted molar refractivity (Wildman–Crippen MR) is 87.0 cm³/mol. The Bertz CT molecular complexity index is 727. The van der Waals surface area contributed by atoms with Crippen LogP contribution in [0.2, 0.25) is 0 Å². The van der Waals surface area contributed by atoms with Gasteiger partial charge in [-0.3, -0.25) is 0 Å². The fourth-order valence-electron chi connectivity index (χ4n) is 3.45. The van der Waals surface area contributed by atoms with Gasteiger partial charge in [-0.2, -0.15) is 5.26 Å². The lowest BCUT2D eigenvalue weighted by Crippen LogP contribution is -2.14. The van der Waals surface area contributed by atoms with E-state index in [4.69, 9.17) is 5.26 Å². The summed E-state index contributed by atoms with van der Waals surface area (Å²) >= 11 is 0. The Kier molecular flexibility index (Phi) is 4.24. The molecule has 2 aromatic carbocycles. The van der Waals surface area contributed by atoms with Gasteiger partial charge in [-0.05, 0) is 59.6 Å². The van der Waals surface area contributed by atoms with Gasteiger partial charge in [-0.1, -0.05) is 44.0 Å². The van der Waals surface area contributed by atoms with Crippen LogP contribution in [0.1, 0.15) is 42.9 Å². The molecule has 3 rings (SSSR count). The second-order valence-corrected chi connectivity index (χ2v) is 6.19. The molecule has 0 bridgehead atoms. The molecule has 2 heteroatoms. The van der Waals surface area contributed by atoms with Crippen molar-refractivity contribution >= 4 is 0 Å². The summed E-state index contributed by atoms with van der Waals surface area (Å²) in [7, 11) is 0. The molecule has 0 spiro atoms. The number of rotatable bonds is 3. The van der Waals surface area contributed by atoms with Crippen molar-refractivity contribution in [2.75, 3.05) is 0 Å². The molecular formula is C20H20FN. The molecule has 0 heterocycles. The standard InChI is InChI=1S/C20H20FN/c1-2-3-14-4-5-16-11-17(7-6-15(16)10-14)18-8-9-19(13-22)20(21)12-18/h6-9,11-12,14H,2-5,10H2,1H3. The van der Waals surface area contributed by atoms with Crippen LogP contribution in [0.25, 0.3) is 11.1 Å². The fourth-order valence-corrected chi connectivity index (χ4v) is 3.45. The number of hydrogen-bond acceptors (Lipinski definition) is 1. The topological polar surface area (TPSA) is 23.8 Å². The average Bonchev–Trinajstić information content (AvgIpc) is 2.54. The highest BCUT2D eigenvalue weighted by molar-refractivity contribution is 5.66. The van der Waals surface area contributed by atoms with Gasteiger partial charge in [0.15, 0.2) is 0 Å². The van der Waals surface area contributed by atoms with Crippen molar-refractivity contribution in [3.8, 4) is 17.2 Å². The van der Waals surface area contributed by atoms with Crippen LogP contribution in [-0.2, 0) is 12.8 Å². The molecule has 0 saturated carbocycles. The van der Waals surface area contributed by atoms with E-state index in [9.17, 15) is 4.39 Å². The highest BCUT2D eigenvalue weighted by Crippen LogP contribution is 2.32. The van der Waals surface area contributed by atoms with Crippen LogP contribution >= 0.6 is 0 Å².